The molecule has 7 heteroatoms. The Kier molecular flexibility index (Phi) is 3.39. The Labute approximate surface area is 103 Å². The van der Waals surface area contributed by atoms with Crippen molar-refractivity contribution in [1.82, 2.24) is 5.23 Å². The van der Waals surface area contributed by atoms with Gasteiger partial charge in [0.05, 0.1) is 12.1 Å². The Morgan fingerprint density at radius 2 is 2.33 bits per heavy atom. The second-order valence-electron chi connectivity index (χ2n) is 3.84. The predicted octanol–water partition coefficient (Wildman–Crippen LogP) is 0.260. The van der Waals surface area contributed by atoms with Crippen LogP contribution in [0.25, 0.3) is 0 Å². The zero-order chi connectivity index (χ0) is 13.3. The van der Waals surface area contributed by atoms with E-state index in [4.69, 9.17) is 9.94 Å². The third-order valence-electron chi connectivity index (χ3n) is 2.55. The van der Waals surface area contributed by atoms with Crippen molar-refractivity contribution >= 4 is 11.9 Å². The summed E-state index contributed by atoms with van der Waals surface area (Å²) in [6, 6.07) is -1.11. The Balaban J connectivity index is 2.25. The minimum atomic E-state index is -1.24. The average Bonchev–Trinajstić information content (AvgIpc) is 2.60. The van der Waals surface area contributed by atoms with Gasteiger partial charge < -0.3 is 20.3 Å². The number of ether oxygens (including phenoxy) is 1. The van der Waals surface area contributed by atoms with Crippen molar-refractivity contribution in [2.24, 2.45) is 4.99 Å². The zero-order valence-electron chi connectivity index (χ0n) is 9.48. The molecule has 1 heterocycles. The van der Waals surface area contributed by atoms with E-state index in [-0.39, 0.29) is 16.8 Å². The van der Waals surface area contributed by atoms with E-state index in [0.717, 1.165) is 0 Å². The molecule has 1 aliphatic heterocycles. The van der Waals surface area contributed by atoms with Crippen molar-refractivity contribution in [3.05, 3.63) is 40.8 Å². The number of allylic oxidation sites excluding steroid dienone is 2. The minimum Gasteiger partial charge on any atom is -0.762 e. The van der Waals surface area contributed by atoms with E-state index < -0.39 is 18.1 Å². The van der Waals surface area contributed by atoms with Gasteiger partial charge in [-0.3, -0.25) is 5.23 Å². The van der Waals surface area contributed by atoms with Gasteiger partial charge in [0.15, 0.2) is 11.6 Å². The molecular weight excluding hydrogens is 240 g/mol. The highest BCUT2D eigenvalue weighted by Gasteiger charge is 2.26. The number of aliphatic hydroxyl groups excluding tert-OH is 1. The van der Waals surface area contributed by atoms with Gasteiger partial charge in [-0.15, -0.1) is 0 Å². The fourth-order valence-electron chi connectivity index (χ4n) is 1.68. The van der Waals surface area contributed by atoms with Gasteiger partial charge in [-0.2, -0.15) is 0 Å². The predicted molar refractivity (Wildman–Crippen MR) is 61.3 cm³/mol. The van der Waals surface area contributed by atoms with Crippen molar-refractivity contribution in [2.45, 2.75) is 19.1 Å². The number of aliphatic hydroxyl groups is 1. The van der Waals surface area contributed by atoms with Crippen molar-refractivity contribution in [1.29, 1.82) is 0 Å². The number of nitrogens with zero attached hydrogens (tertiary/aromatic N) is 2. The van der Waals surface area contributed by atoms with Gasteiger partial charge in [-0.1, -0.05) is 18.2 Å². The summed E-state index contributed by atoms with van der Waals surface area (Å²) >= 11 is 0. The van der Waals surface area contributed by atoms with E-state index in [9.17, 15) is 15.1 Å². The summed E-state index contributed by atoms with van der Waals surface area (Å²) in [4.78, 5) is 15.2. The highest BCUT2D eigenvalue weighted by Crippen LogP contribution is 2.21. The van der Waals surface area contributed by atoms with E-state index in [1.54, 1.807) is 0 Å². The van der Waals surface area contributed by atoms with Gasteiger partial charge >= 0.3 is 5.97 Å². The Hall–Kier alpha value is -1.80. The third-order valence-corrected chi connectivity index (χ3v) is 2.55. The topological polar surface area (TPSA) is 105 Å². The van der Waals surface area contributed by atoms with E-state index >= 15 is 0 Å². The fourth-order valence-corrected chi connectivity index (χ4v) is 1.68. The summed E-state index contributed by atoms with van der Waals surface area (Å²) in [5.74, 6) is -0.397. The quantitative estimate of drug-likeness (QED) is 0.414. The second-order valence-corrected chi connectivity index (χ2v) is 3.84. The second kappa shape index (κ2) is 4.83. The molecule has 0 bridgehead atoms. The molecule has 0 radical (unpaired) electrons. The lowest BCUT2D eigenvalue weighted by atomic mass is 9.96. The molecule has 2 unspecified atom stereocenters. The summed E-state index contributed by atoms with van der Waals surface area (Å²) in [6.07, 6.45) is 4.45. The van der Waals surface area contributed by atoms with Gasteiger partial charge in [0, 0.05) is 6.92 Å². The average molecular weight is 251 g/mol. The van der Waals surface area contributed by atoms with Crippen LogP contribution in [0.15, 0.2) is 40.6 Å². The first-order chi connectivity index (χ1) is 8.49. The first-order valence-electron chi connectivity index (χ1n) is 5.20. The number of carbonyl (C=O) groups is 1. The lowest BCUT2D eigenvalue weighted by Crippen LogP contribution is -2.38. The van der Waals surface area contributed by atoms with Crippen LogP contribution >= 0.6 is 0 Å². The summed E-state index contributed by atoms with van der Waals surface area (Å²) in [7, 11) is 0. The van der Waals surface area contributed by atoms with Gasteiger partial charge in [0.1, 0.15) is 0 Å². The minimum absolute atomic E-state index is 0.0437. The van der Waals surface area contributed by atoms with Gasteiger partial charge in [0.25, 0.3) is 0 Å². The van der Waals surface area contributed by atoms with Crippen LogP contribution in [0.2, 0.25) is 0 Å². The van der Waals surface area contributed by atoms with Crippen LogP contribution in [0.1, 0.15) is 6.92 Å². The SMILES string of the molecule is CC1=NC(=CC2=CC=CC(N([O-])O)C2O)C(=O)O1. The molecule has 0 aromatic carbocycles. The van der Waals surface area contributed by atoms with E-state index in [0.29, 0.717) is 5.57 Å². The molecule has 0 amide bonds. The summed E-state index contributed by atoms with van der Waals surface area (Å²) in [5, 5.41) is 29.1. The molecule has 18 heavy (non-hydrogen) atoms. The molecule has 2 rings (SSSR count). The number of hydroxylamine groups is 2. The molecule has 2 N–H and O–H groups in total. The molecule has 0 spiro atoms. The number of hydrogen-bond donors (Lipinski definition) is 2. The first kappa shape index (κ1) is 12.7. The Morgan fingerprint density at radius 3 is 2.89 bits per heavy atom. The fraction of sp³-hybridized carbons (Fsp3) is 0.273. The summed E-state index contributed by atoms with van der Waals surface area (Å²) < 4.78 is 4.72. The van der Waals surface area contributed by atoms with Crippen molar-refractivity contribution in [3.8, 4) is 0 Å². The van der Waals surface area contributed by atoms with Gasteiger partial charge in [0.2, 0.25) is 0 Å². The number of hydrogen-bond acceptors (Lipinski definition) is 7. The molecule has 0 fully saturated rings. The molecule has 0 aromatic heterocycles. The van der Waals surface area contributed by atoms with E-state index in [1.165, 1.54) is 31.2 Å². The van der Waals surface area contributed by atoms with Crippen LogP contribution in [-0.2, 0) is 9.53 Å². The molecule has 2 atom stereocenters. The number of cyclic esters (lactones) is 1. The summed E-state index contributed by atoms with van der Waals surface area (Å²) in [5.41, 5.74) is 0.338. The smallest absolute Gasteiger partial charge is 0.363 e. The Morgan fingerprint density at radius 1 is 1.61 bits per heavy atom. The van der Waals surface area contributed by atoms with Crippen LogP contribution in [0.3, 0.4) is 0 Å². The van der Waals surface area contributed by atoms with Gasteiger partial charge in [-0.25, -0.2) is 9.79 Å². The van der Waals surface area contributed by atoms with E-state index in [2.05, 4.69) is 4.99 Å². The molecule has 2 aliphatic rings. The maximum absolute atomic E-state index is 11.3. The van der Waals surface area contributed by atoms with Crippen LogP contribution in [-0.4, -0.2) is 39.6 Å². The molecule has 0 saturated heterocycles. The normalized spacial score (nSPS) is 29.6. The van der Waals surface area contributed by atoms with Crippen LogP contribution in [0.5, 0.6) is 0 Å². The molecule has 96 valence electrons. The molecule has 0 aromatic rings. The standard InChI is InChI=1S/C11H11N2O5/c1-6-12-8(11(15)18-6)5-7-3-2-4-9(10(7)14)13(16)17/h2-5,9-10,14,16H,1H3/q-1. The maximum Gasteiger partial charge on any atom is 0.363 e. The molecule has 0 saturated carbocycles. The van der Waals surface area contributed by atoms with E-state index in [1.807, 2.05) is 0 Å². The van der Waals surface area contributed by atoms with Crippen LogP contribution < -0.4 is 0 Å². The highest BCUT2D eigenvalue weighted by molar-refractivity contribution is 6.04. The number of aliphatic imine (C=N–C) groups is 1. The lowest BCUT2D eigenvalue weighted by Gasteiger charge is -2.33. The van der Waals surface area contributed by atoms with Gasteiger partial charge in [-0.05, 0) is 11.6 Å². The van der Waals surface area contributed by atoms with Crippen molar-refractivity contribution in [3.63, 3.8) is 0 Å². The van der Waals surface area contributed by atoms with Crippen molar-refractivity contribution in [2.75, 3.05) is 0 Å². The lowest BCUT2D eigenvalue weighted by molar-refractivity contribution is -0.130. The first-order valence-corrected chi connectivity index (χ1v) is 5.20. The molecule has 7 nitrogen and oxygen atoms in total. The van der Waals surface area contributed by atoms with Crippen LogP contribution in [0, 0.1) is 5.21 Å². The number of rotatable bonds is 2. The monoisotopic (exact) mass is 251 g/mol. The number of esters is 1. The summed E-state index contributed by atoms with van der Waals surface area (Å²) in [6.45, 7) is 1.53. The largest absolute Gasteiger partial charge is 0.762 e. The Bertz CT molecular complexity index is 490. The number of carbonyl (C=O) groups excluding carboxylic acids is 1. The molecule has 1 aliphatic carbocycles. The highest BCUT2D eigenvalue weighted by atomic mass is 16.8. The van der Waals surface area contributed by atoms with Crippen LogP contribution in [0.4, 0.5) is 0 Å². The third kappa shape index (κ3) is 2.39. The molecular formula is C11H11N2O5-. The zero-order valence-corrected chi connectivity index (χ0v) is 9.48. The van der Waals surface area contributed by atoms with Crippen molar-refractivity contribution < 1.29 is 19.8 Å². The maximum atomic E-state index is 11.3.